The molecule has 146 valence electrons. The highest BCUT2D eigenvalue weighted by atomic mass is 16.5. The molecule has 1 N–H and O–H groups in total. The van der Waals surface area contributed by atoms with Gasteiger partial charge in [0.05, 0.1) is 12.3 Å². The van der Waals surface area contributed by atoms with E-state index in [4.69, 9.17) is 9.47 Å². The molecule has 0 aliphatic rings. The van der Waals surface area contributed by atoms with Gasteiger partial charge in [-0.2, -0.15) is 0 Å². The topological polar surface area (TPSA) is 71.9 Å². The number of ether oxygens (including phenoxy) is 2. The first-order valence-electron chi connectivity index (χ1n) is 9.03. The van der Waals surface area contributed by atoms with Crippen molar-refractivity contribution in [2.24, 2.45) is 0 Å². The normalized spacial score (nSPS) is 10.7. The summed E-state index contributed by atoms with van der Waals surface area (Å²) >= 11 is 0. The fourth-order valence-corrected chi connectivity index (χ4v) is 3.23. The van der Waals surface area contributed by atoms with Crippen LogP contribution < -0.4 is 9.64 Å². The Labute approximate surface area is 160 Å². The third kappa shape index (κ3) is 4.77. The molecule has 1 aromatic carbocycles. The van der Waals surface area contributed by atoms with Crippen LogP contribution in [-0.2, 0) is 4.74 Å². The van der Waals surface area contributed by atoms with Gasteiger partial charge in [-0.05, 0) is 51.8 Å². The van der Waals surface area contributed by atoms with Gasteiger partial charge < -0.3 is 19.5 Å². The van der Waals surface area contributed by atoms with E-state index in [0.29, 0.717) is 36.8 Å². The number of carbonyl (C=O) groups is 1. The van der Waals surface area contributed by atoms with E-state index in [2.05, 4.69) is 4.98 Å². The lowest BCUT2D eigenvalue weighted by Gasteiger charge is -2.26. The number of carboxylic acid groups (broad SMARTS) is 1. The Morgan fingerprint density at radius 1 is 1.15 bits per heavy atom. The highest BCUT2D eigenvalue weighted by Gasteiger charge is 2.24. The number of pyridine rings is 1. The largest absolute Gasteiger partial charge is 0.477 e. The number of aromatic nitrogens is 1. The third-order valence-corrected chi connectivity index (χ3v) is 4.40. The van der Waals surface area contributed by atoms with Crippen LogP contribution in [0.5, 0.6) is 11.6 Å². The maximum atomic E-state index is 12.1. The average Bonchev–Trinajstić information content (AvgIpc) is 2.58. The molecule has 1 aromatic heterocycles. The van der Waals surface area contributed by atoms with Gasteiger partial charge in [-0.1, -0.05) is 17.7 Å². The number of hydrogen-bond donors (Lipinski definition) is 1. The second kappa shape index (κ2) is 8.86. The first-order chi connectivity index (χ1) is 12.8. The van der Waals surface area contributed by atoms with Crippen LogP contribution in [0.2, 0.25) is 0 Å². The van der Waals surface area contributed by atoms with Crippen molar-refractivity contribution in [2.75, 3.05) is 31.7 Å². The highest BCUT2D eigenvalue weighted by molar-refractivity contribution is 5.97. The predicted octanol–water partition coefficient (Wildman–Crippen LogP) is 4.28. The Hall–Kier alpha value is -2.60. The number of nitrogens with zero attached hydrogens (tertiary/aromatic N) is 2. The summed E-state index contributed by atoms with van der Waals surface area (Å²) in [4.78, 5) is 18.4. The Bertz CT molecular complexity index is 810. The van der Waals surface area contributed by atoms with Gasteiger partial charge in [0.15, 0.2) is 0 Å². The summed E-state index contributed by atoms with van der Waals surface area (Å²) in [6.45, 7) is 11.5. The Kier molecular flexibility index (Phi) is 6.80. The van der Waals surface area contributed by atoms with Gasteiger partial charge >= 0.3 is 5.97 Å². The monoisotopic (exact) mass is 372 g/mol. The maximum absolute atomic E-state index is 12.1. The van der Waals surface area contributed by atoms with Gasteiger partial charge in [-0.25, -0.2) is 9.78 Å². The molecule has 0 saturated carbocycles. The Morgan fingerprint density at radius 3 is 2.30 bits per heavy atom. The van der Waals surface area contributed by atoms with Crippen molar-refractivity contribution in [1.29, 1.82) is 0 Å². The number of benzene rings is 1. The van der Waals surface area contributed by atoms with E-state index in [1.54, 1.807) is 13.2 Å². The van der Waals surface area contributed by atoms with Gasteiger partial charge in [0.1, 0.15) is 11.3 Å². The molecule has 0 aliphatic carbocycles. The van der Waals surface area contributed by atoms with E-state index in [1.807, 2.05) is 51.7 Å². The molecule has 0 amide bonds. The second-order valence-corrected chi connectivity index (χ2v) is 6.67. The van der Waals surface area contributed by atoms with E-state index >= 15 is 0 Å². The van der Waals surface area contributed by atoms with Crippen LogP contribution in [0.15, 0.2) is 18.2 Å². The zero-order valence-electron chi connectivity index (χ0n) is 16.9. The molecule has 6 heteroatoms. The number of aromatic carboxylic acids is 1. The van der Waals surface area contributed by atoms with E-state index in [1.165, 1.54) is 0 Å². The van der Waals surface area contributed by atoms with Crippen molar-refractivity contribution in [3.8, 4) is 11.6 Å². The third-order valence-electron chi connectivity index (χ3n) is 4.40. The molecule has 2 rings (SSSR count). The van der Waals surface area contributed by atoms with Gasteiger partial charge in [-0.15, -0.1) is 0 Å². The van der Waals surface area contributed by atoms with Crippen LogP contribution >= 0.6 is 0 Å². The molecular formula is C21H28N2O4. The fraction of sp³-hybridized carbons (Fsp3) is 0.429. The zero-order valence-corrected chi connectivity index (χ0v) is 16.9. The lowest BCUT2D eigenvalue weighted by Crippen LogP contribution is -2.29. The molecule has 27 heavy (non-hydrogen) atoms. The summed E-state index contributed by atoms with van der Waals surface area (Å²) in [5.74, 6) is -0.304. The van der Waals surface area contributed by atoms with Crippen LogP contribution in [0.25, 0.3) is 0 Å². The highest BCUT2D eigenvalue weighted by Crippen LogP contribution is 2.35. The van der Waals surface area contributed by atoms with E-state index in [9.17, 15) is 9.90 Å². The fourth-order valence-electron chi connectivity index (χ4n) is 3.23. The van der Waals surface area contributed by atoms with Crippen molar-refractivity contribution in [3.05, 3.63) is 46.1 Å². The quantitative estimate of drug-likeness (QED) is 0.746. The minimum atomic E-state index is -1.06. The van der Waals surface area contributed by atoms with Crippen molar-refractivity contribution in [3.63, 3.8) is 0 Å². The first kappa shape index (κ1) is 20.7. The standard InChI is InChI=1S/C21H28N2O4/c1-7-23(8-9-26-6)17-12-16(5)22-20(18(17)21(24)25)27-19-14(3)10-13(2)11-15(19)4/h10-12H,7-9H2,1-6H3,(H,24,25). The predicted molar refractivity (Wildman–Crippen MR) is 106 cm³/mol. The summed E-state index contributed by atoms with van der Waals surface area (Å²) in [7, 11) is 1.63. The minimum Gasteiger partial charge on any atom is -0.477 e. The van der Waals surface area contributed by atoms with E-state index in [0.717, 1.165) is 16.7 Å². The number of aryl methyl sites for hydroxylation is 4. The minimum absolute atomic E-state index is 0.0675. The Morgan fingerprint density at radius 2 is 1.78 bits per heavy atom. The number of hydrogen-bond acceptors (Lipinski definition) is 5. The molecule has 0 unspecified atom stereocenters. The molecule has 1 heterocycles. The molecule has 0 radical (unpaired) electrons. The molecule has 0 spiro atoms. The number of rotatable bonds is 8. The van der Waals surface area contributed by atoms with Crippen LogP contribution in [0.3, 0.4) is 0 Å². The summed E-state index contributed by atoms with van der Waals surface area (Å²) in [5, 5.41) is 9.89. The number of methoxy groups -OCH3 is 1. The van der Waals surface area contributed by atoms with Gasteiger partial charge in [-0.3, -0.25) is 0 Å². The summed E-state index contributed by atoms with van der Waals surface area (Å²) in [6.07, 6.45) is 0. The van der Waals surface area contributed by atoms with Crippen LogP contribution in [-0.4, -0.2) is 42.9 Å². The van der Waals surface area contributed by atoms with Gasteiger partial charge in [0.2, 0.25) is 5.88 Å². The average molecular weight is 372 g/mol. The van der Waals surface area contributed by atoms with Crippen molar-refractivity contribution in [2.45, 2.75) is 34.6 Å². The molecule has 0 fully saturated rings. The van der Waals surface area contributed by atoms with Crippen molar-refractivity contribution >= 4 is 11.7 Å². The number of anilines is 1. The summed E-state index contributed by atoms with van der Waals surface area (Å²) in [6, 6.07) is 5.80. The SMILES string of the molecule is CCN(CCOC)c1cc(C)nc(Oc2c(C)cc(C)cc2C)c1C(=O)O. The molecule has 2 aromatic rings. The van der Waals surface area contributed by atoms with Crippen LogP contribution in [0.1, 0.15) is 39.7 Å². The van der Waals surface area contributed by atoms with Crippen LogP contribution in [0, 0.1) is 27.7 Å². The smallest absolute Gasteiger partial charge is 0.343 e. The summed E-state index contributed by atoms with van der Waals surface area (Å²) in [5.41, 5.74) is 4.37. The molecule has 0 saturated heterocycles. The lowest BCUT2D eigenvalue weighted by molar-refractivity contribution is 0.0694. The molecular weight excluding hydrogens is 344 g/mol. The van der Waals surface area contributed by atoms with Gasteiger partial charge in [0, 0.05) is 25.9 Å². The van der Waals surface area contributed by atoms with E-state index < -0.39 is 5.97 Å². The van der Waals surface area contributed by atoms with Crippen LogP contribution in [0.4, 0.5) is 5.69 Å². The Balaban J connectivity index is 2.58. The molecule has 6 nitrogen and oxygen atoms in total. The molecule has 0 aliphatic heterocycles. The van der Waals surface area contributed by atoms with Crippen molar-refractivity contribution in [1.82, 2.24) is 4.98 Å². The number of likely N-dealkylation sites (N-methyl/N-ethyl adjacent to an activating group) is 1. The maximum Gasteiger partial charge on any atom is 0.343 e. The van der Waals surface area contributed by atoms with Crippen molar-refractivity contribution < 1.29 is 19.4 Å². The van der Waals surface area contributed by atoms with Gasteiger partial charge in [0.25, 0.3) is 0 Å². The molecule has 0 atom stereocenters. The number of carboxylic acids is 1. The lowest BCUT2D eigenvalue weighted by atomic mass is 10.1. The van der Waals surface area contributed by atoms with E-state index in [-0.39, 0.29) is 11.4 Å². The second-order valence-electron chi connectivity index (χ2n) is 6.67. The zero-order chi connectivity index (χ0) is 20.1. The summed E-state index contributed by atoms with van der Waals surface area (Å²) < 4.78 is 11.2. The first-order valence-corrected chi connectivity index (χ1v) is 9.03. The molecule has 0 bridgehead atoms.